The van der Waals surface area contributed by atoms with Gasteiger partial charge in [-0.25, -0.2) is 13.1 Å². The van der Waals surface area contributed by atoms with E-state index in [2.05, 4.69) is 23.9 Å². The van der Waals surface area contributed by atoms with Crippen molar-refractivity contribution in [3.63, 3.8) is 0 Å². The molecule has 0 fully saturated rings. The summed E-state index contributed by atoms with van der Waals surface area (Å²) in [5, 5.41) is 2.85. The number of amides is 1. The van der Waals surface area contributed by atoms with Gasteiger partial charge in [-0.05, 0) is 44.4 Å². The van der Waals surface area contributed by atoms with E-state index in [0.29, 0.717) is 18.0 Å². The maximum absolute atomic E-state index is 12.3. The van der Waals surface area contributed by atoms with E-state index in [0.717, 1.165) is 6.42 Å². The van der Waals surface area contributed by atoms with E-state index in [4.69, 9.17) is 5.73 Å². The van der Waals surface area contributed by atoms with Crippen molar-refractivity contribution in [1.82, 2.24) is 10.0 Å². The summed E-state index contributed by atoms with van der Waals surface area (Å²) in [5.41, 5.74) is 5.99. The van der Waals surface area contributed by atoms with E-state index in [-0.39, 0.29) is 22.9 Å². The second kappa shape index (κ2) is 8.42. The fraction of sp³-hybridized carbons (Fsp3) is 0.562. The number of nitrogens with one attached hydrogen (secondary N) is 2. The van der Waals surface area contributed by atoms with Crippen molar-refractivity contribution < 1.29 is 13.2 Å². The fourth-order valence-corrected chi connectivity index (χ4v) is 3.53. The molecule has 23 heavy (non-hydrogen) atoms. The van der Waals surface area contributed by atoms with Gasteiger partial charge in [0.2, 0.25) is 10.0 Å². The molecule has 0 aliphatic heterocycles. The Bertz CT molecular complexity index is 627. The number of hydrogen-bond acceptors (Lipinski definition) is 4. The summed E-state index contributed by atoms with van der Waals surface area (Å²) in [6, 6.07) is 5.65. The molecule has 7 heteroatoms. The molecule has 0 aromatic heterocycles. The monoisotopic (exact) mass is 341 g/mol. The summed E-state index contributed by atoms with van der Waals surface area (Å²) in [5.74, 6) is 0.0912. The van der Waals surface area contributed by atoms with Crippen molar-refractivity contribution in [2.75, 3.05) is 6.54 Å². The molecular formula is C16H27N3O3S. The Balaban J connectivity index is 2.93. The number of nitrogens with two attached hydrogens (primary N) is 1. The highest BCUT2D eigenvalue weighted by Gasteiger charge is 2.18. The molecule has 130 valence electrons. The average molecular weight is 341 g/mol. The number of rotatable bonds is 8. The van der Waals surface area contributed by atoms with Gasteiger partial charge in [0, 0.05) is 24.2 Å². The lowest BCUT2D eigenvalue weighted by atomic mass is 10.0. The van der Waals surface area contributed by atoms with Crippen molar-refractivity contribution in [1.29, 1.82) is 0 Å². The van der Waals surface area contributed by atoms with Crippen LogP contribution in [0.2, 0.25) is 0 Å². The third-order valence-corrected chi connectivity index (χ3v) is 4.83. The molecule has 1 aromatic carbocycles. The van der Waals surface area contributed by atoms with Crippen molar-refractivity contribution in [2.45, 2.75) is 51.1 Å². The van der Waals surface area contributed by atoms with Crippen molar-refractivity contribution in [2.24, 2.45) is 11.7 Å². The molecule has 6 nitrogen and oxygen atoms in total. The Hall–Kier alpha value is -1.44. The van der Waals surface area contributed by atoms with Crippen LogP contribution in [0.25, 0.3) is 0 Å². The molecule has 1 amide bonds. The molecule has 4 N–H and O–H groups in total. The Morgan fingerprint density at radius 1 is 1.22 bits per heavy atom. The summed E-state index contributed by atoms with van der Waals surface area (Å²) in [6.45, 7) is 7.94. The van der Waals surface area contributed by atoms with Crippen LogP contribution in [-0.4, -0.2) is 33.0 Å². The zero-order valence-corrected chi connectivity index (χ0v) is 15.0. The van der Waals surface area contributed by atoms with Crippen LogP contribution in [0.4, 0.5) is 0 Å². The van der Waals surface area contributed by atoms with Crippen LogP contribution in [0, 0.1) is 5.92 Å². The first-order valence-electron chi connectivity index (χ1n) is 7.79. The molecule has 1 rings (SSSR count). The largest absolute Gasteiger partial charge is 0.348 e. The van der Waals surface area contributed by atoms with Crippen LogP contribution < -0.4 is 15.8 Å². The van der Waals surface area contributed by atoms with Gasteiger partial charge in [0.25, 0.3) is 5.91 Å². The number of carbonyl (C=O) groups excluding carboxylic acids is 1. The minimum atomic E-state index is -3.62. The summed E-state index contributed by atoms with van der Waals surface area (Å²) in [4.78, 5) is 12.4. The van der Waals surface area contributed by atoms with E-state index in [9.17, 15) is 13.2 Å². The smallest absolute Gasteiger partial charge is 0.251 e. The van der Waals surface area contributed by atoms with Crippen LogP contribution >= 0.6 is 0 Å². The predicted molar refractivity (Wildman–Crippen MR) is 91.7 cm³/mol. The van der Waals surface area contributed by atoms with E-state index in [1.165, 1.54) is 12.1 Å². The Kier molecular flexibility index (Phi) is 7.18. The first-order valence-corrected chi connectivity index (χ1v) is 9.27. The highest BCUT2D eigenvalue weighted by atomic mass is 32.2. The molecule has 0 aliphatic carbocycles. The molecule has 1 atom stereocenters. The molecule has 0 bridgehead atoms. The van der Waals surface area contributed by atoms with E-state index in [1.807, 2.05) is 0 Å². The molecule has 0 radical (unpaired) electrons. The lowest BCUT2D eigenvalue weighted by Gasteiger charge is -2.19. The lowest BCUT2D eigenvalue weighted by molar-refractivity contribution is 0.0933. The zero-order chi connectivity index (χ0) is 17.6. The van der Waals surface area contributed by atoms with E-state index >= 15 is 0 Å². The number of benzene rings is 1. The number of hydrogen-bond donors (Lipinski definition) is 3. The first-order chi connectivity index (χ1) is 10.7. The van der Waals surface area contributed by atoms with Gasteiger partial charge in [0.1, 0.15) is 0 Å². The van der Waals surface area contributed by atoms with Crippen LogP contribution in [0.1, 0.15) is 44.5 Å². The van der Waals surface area contributed by atoms with E-state index in [1.54, 1.807) is 26.0 Å². The molecule has 1 aromatic rings. The second-order valence-corrected chi connectivity index (χ2v) is 8.05. The molecule has 0 saturated carbocycles. The van der Waals surface area contributed by atoms with Gasteiger partial charge in [-0.15, -0.1) is 0 Å². The van der Waals surface area contributed by atoms with Crippen molar-refractivity contribution in [3.05, 3.63) is 29.8 Å². The van der Waals surface area contributed by atoms with Gasteiger partial charge in [0.05, 0.1) is 4.90 Å². The van der Waals surface area contributed by atoms with Gasteiger partial charge in [-0.3, -0.25) is 4.79 Å². The molecule has 0 saturated heterocycles. The zero-order valence-electron chi connectivity index (χ0n) is 14.2. The normalized spacial score (nSPS) is 13.3. The Morgan fingerprint density at radius 2 is 1.87 bits per heavy atom. The van der Waals surface area contributed by atoms with Crippen LogP contribution in [0.5, 0.6) is 0 Å². The van der Waals surface area contributed by atoms with Gasteiger partial charge in [0.15, 0.2) is 0 Å². The molecular weight excluding hydrogens is 314 g/mol. The summed E-state index contributed by atoms with van der Waals surface area (Å²) < 4.78 is 26.9. The van der Waals surface area contributed by atoms with Gasteiger partial charge >= 0.3 is 0 Å². The minimum absolute atomic E-state index is 0.0759. The standard InChI is InChI=1S/C16H27N3O3S/c1-11(2)8-14(10-17)18-16(20)13-6-5-7-15(9-13)23(21,22)19-12(3)4/h5-7,9,11-12,14,19H,8,10,17H2,1-4H3,(H,18,20). The maximum Gasteiger partial charge on any atom is 0.251 e. The third-order valence-electron chi connectivity index (χ3n) is 3.17. The van der Waals surface area contributed by atoms with Gasteiger partial charge in [-0.2, -0.15) is 0 Å². The first kappa shape index (κ1) is 19.6. The Morgan fingerprint density at radius 3 is 2.39 bits per heavy atom. The average Bonchev–Trinajstić information content (AvgIpc) is 2.44. The molecule has 1 unspecified atom stereocenters. The lowest BCUT2D eigenvalue weighted by Crippen LogP contribution is -2.41. The van der Waals surface area contributed by atoms with Crippen molar-refractivity contribution >= 4 is 15.9 Å². The summed E-state index contributed by atoms with van der Waals surface area (Å²) in [7, 11) is -3.62. The molecule has 0 spiro atoms. The van der Waals surface area contributed by atoms with Gasteiger partial charge < -0.3 is 11.1 Å². The minimum Gasteiger partial charge on any atom is -0.348 e. The number of carbonyl (C=O) groups is 1. The highest BCUT2D eigenvalue weighted by Crippen LogP contribution is 2.13. The highest BCUT2D eigenvalue weighted by molar-refractivity contribution is 7.89. The molecule has 0 aliphatic rings. The second-order valence-electron chi connectivity index (χ2n) is 6.34. The topological polar surface area (TPSA) is 101 Å². The van der Waals surface area contributed by atoms with Crippen LogP contribution in [0.3, 0.4) is 0 Å². The van der Waals surface area contributed by atoms with Gasteiger partial charge in [-0.1, -0.05) is 19.9 Å². The maximum atomic E-state index is 12.3. The summed E-state index contributed by atoms with van der Waals surface area (Å²) in [6.07, 6.45) is 0.773. The SMILES string of the molecule is CC(C)CC(CN)NC(=O)c1cccc(S(=O)(=O)NC(C)C)c1. The van der Waals surface area contributed by atoms with Crippen molar-refractivity contribution in [3.8, 4) is 0 Å². The van der Waals surface area contributed by atoms with E-state index < -0.39 is 10.0 Å². The fourth-order valence-electron chi connectivity index (χ4n) is 2.23. The summed E-state index contributed by atoms with van der Waals surface area (Å²) >= 11 is 0. The predicted octanol–water partition coefficient (Wildman–Crippen LogP) is 1.48. The third kappa shape index (κ3) is 6.29. The quantitative estimate of drug-likeness (QED) is 0.666. The molecule has 0 heterocycles. The number of sulfonamides is 1. The van der Waals surface area contributed by atoms with Crippen LogP contribution in [0.15, 0.2) is 29.2 Å². The Labute approximate surface area is 138 Å². The van der Waals surface area contributed by atoms with Crippen LogP contribution in [-0.2, 0) is 10.0 Å².